The van der Waals surface area contributed by atoms with E-state index in [2.05, 4.69) is 5.32 Å². The molecule has 1 amide bonds. The van der Waals surface area contributed by atoms with E-state index in [9.17, 15) is 17.6 Å². The zero-order valence-electron chi connectivity index (χ0n) is 13.8. The largest absolute Gasteiger partial charge is 0.468 e. The average Bonchev–Trinajstić information content (AvgIpc) is 3.19. The summed E-state index contributed by atoms with van der Waals surface area (Å²) in [5, 5.41) is 2.57. The van der Waals surface area contributed by atoms with Crippen LogP contribution < -0.4 is 5.32 Å². The van der Waals surface area contributed by atoms with Crippen molar-refractivity contribution in [2.24, 2.45) is 0 Å². The fourth-order valence-electron chi connectivity index (χ4n) is 2.94. The van der Waals surface area contributed by atoms with Gasteiger partial charge in [0.1, 0.15) is 11.6 Å². The second kappa shape index (κ2) is 7.77. The molecule has 140 valence electrons. The minimum Gasteiger partial charge on any atom is -0.468 e. The predicted molar refractivity (Wildman–Crippen MR) is 96.2 cm³/mol. The molecule has 6 nitrogen and oxygen atoms in total. The highest BCUT2D eigenvalue weighted by Gasteiger charge is 2.33. The normalized spacial score (nSPS) is 19.0. The molecule has 0 radical (unpaired) electrons. The van der Waals surface area contributed by atoms with Crippen molar-refractivity contribution in [3.63, 3.8) is 0 Å². The number of nitrogens with zero attached hydrogens (tertiary/aromatic N) is 1. The molecule has 1 aromatic heterocycles. The molecule has 1 saturated heterocycles. The zero-order chi connectivity index (χ0) is 18.7. The van der Waals surface area contributed by atoms with Crippen LogP contribution in [0, 0.1) is 5.82 Å². The molecule has 0 saturated carbocycles. The van der Waals surface area contributed by atoms with Crippen molar-refractivity contribution in [3.8, 4) is 0 Å². The van der Waals surface area contributed by atoms with Gasteiger partial charge in [0.15, 0.2) is 9.84 Å². The number of nitrogens with one attached hydrogen (secondary N) is 1. The lowest BCUT2D eigenvalue weighted by Gasteiger charge is -2.26. The van der Waals surface area contributed by atoms with E-state index in [4.69, 9.17) is 16.0 Å². The van der Waals surface area contributed by atoms with E-state index in [1.165, 1.54) is 24.5 Å². The maximum absolute atomic E-state index is 13.2. The van der Waals surface area contributed by atoms with Crippen molar-refractivity contribution in [3.05, 3.63) is 53.2 Å². The summed E-state index contributed by atoms with van der Waals surface area (Å²) in [7, 11) is -3.09. The molecule has 2 heterocycles. The Morgan fingerprint density at radius 3 is 2.81 bits per heavy atom. The maximum Gasteiger partial charge on any atom is 0.238 e. The number of furan rings is 1. The molecule has 1 aliphatic rings. The number of anilines is 1. The Bertz CT molecular complexity index is 886. The van der Waals surface area contributed by atoms with E-state index in [1.54, 1.807) is 17.0 Å². The smallest absolute Gasteiger partial charge is 0.238 e. The van der Waals surface area contributed by atoms with E-state index in [0.29, 0.717) is 24.4 Å². The molecule has 26 heavy (non-hydrogen) atoms. The Kier molecular flexibility index (Phi) is 5.64. The second-order valence-electron chi connectivity index (χ2n) is 6.22. The van der Waals surface area contributed by atoms with Gasteiger partial charge in [-0.2, -0.15) is 0 Å². The lowest BCUT2D eigenvalue weighted by atomic mass is 10.2. The summed E-state index contributed by atoms with van der Waals surface area (Å²) in [6.45, 7) is 0.306. The first kappa shape index (κ1) is 18.9. The van der Waals surface area contributed by atoms with Gasteiger partial charge in [0, 0.05) is 11.7 Å². The monoisotopic (exact) mass is 400 g/mol. The minimum absolute atomic E-state index is 0.0172. The lowest BCUT2D eigenvalue weighted by molar-refractivity contribution is -0.118. The topological polar surface area (TPSA) is 79.6 Å². The van der Waals surface area contributed by atoms with Crippen molar-refractivity contribution in [1.29, 1.82) is 0 Å². The Morgan fingerprint density at radius 2 is 2.19 bits per heavy atom. The van der Waals surface area contributed by atoms with Crippen LogP contribution in [0.5, 0.6) is 0 Å². The molecule has 9 heteroatoms. The third kappa shape index (κ3) is 4.84. The quantitative estimate of drug-likeness (QED) is 0.806. The van der Waals surface area contributed by atoms with E-state index < -0.39 is 15.7 Å². The number of hydrogen-bond donors (Lipinski definition) is 1. The molecule has 1 fully saturated rings. The predicted octanol–water partition coefficient (Wildman–Crippen LogP) is 2.70. The van der Waals surface area contributed by atoms with Crippen LogP contribution in [0.1, 0.15) is 12.2 Å². The second-order valence-corrected chi connectivity index (χ2v) is 8.85. The van der Waals surface area contributed by atoms with Crippen LogP contribution >= 0.6 is 11.6 Å². The average molecular weight is 401 g/mol. The van der Waals surface area contributed by atoms with Crippen LogP contribution in [0.15, 0.2) is 41.0 Å². The number of carbonyl (C=O) groups excluding carboxylic acids is 1. The molecule has 3 rings (SSSR count). The van der Waals surface area contributed by atoms with E-state index in [-0.39, 0.29) is 35.0 Å². The number of benzene rings is 1. The summed E-state index contributed by atoms with van der Waals surface area (Å²) in [6.07, 6.45) is 2.00. The van der Waals surface area contributed by atoms with Crippen molar-refractivity contribution >= 4 is 33.0 Å². The third-order valence-corrected chi connectivity index (χ3v) is 6.25. The fourth-order valence-corrected chi connectivity index (χ4v) is 4.88. The van der Waals surface area contributed by atoms with Crippen molar-refractivity contribution in [2.45, 2.75) is 19.0 Å². The summed E-state index contributed by atoms with van der Waals surface area (Å²) < 4.78 is 42.1. The zero-order valence-corrected chi connectivity index (χ0v) is 15.4. The minimum atomic E-state index is -3.09. The summed E-state index contributed by atoms with van der Waals surface area (Å²) in [4.78, 5) is 14.2. The lowest BCUT2D eigenvalue weighted by Crippen LogP contribution is -2.41. The van der Waals surface area contributed by atoms with Gasteiger partial charge in [0.25, 0.3) is 0 Å². The van der Waals surface area contributed by atoms with Crippen molar-refractivity contribution < 1.29 is 22.0 Å². The van der Waals surface area contributed by atoms with Crippen LogP contribution in [0.25, 0.3) is 0 Å². The first-order valence-corrected chi connectivity index (χ1v) is 10.2. The van der Waals surface area contributed by atoms with Crippen LogP contribution in [0.4, 0.5) is 10.1 Å². The van der Waals surface area contributed by atoms with Crippen molar-refractivity contribution in [2.75, 3.05) is 23.4 Å². The molecule has 0 spiro atoms. The van der Waals surface area contributed by atoms with Gasteiger partial charge in [-0.25, -0.2) is 12.8 Å². The van der Waals surface area contributed by atoms with Gasteiger partial charge in [0.2, 0.25) is 5.91 Å². The first-order valence-electron chi connectivity index (χ1n) is 8.04. The number of hydrogen-bond acceptors (Lipinski definition) is 5. The van der Waals surface area contributed by atoms with Crippen LogP contribution in [0.2, 0.25) is 5.02 Å². The molecule has 0 bridgehead atoms. The van der Waals surface area contributed by atoms with E-state index in [1.807, 2.05) is 0 Å². The van der Waals surface area contributed by atoms with Crippen LogP contribution in [-0.2, 0) is 21.2 Å². The molecular formula is C17H18ClFN2O4S. The Balaban J connectivity index is 1.69. The summed E-state index contributed by atoms with van der Waals surface area (Å²) in [6, 6.07) is 7.16. The van der Waals surface area contributed by atoms with Gasteiger partial charge < -0.3 is 9.73 Å². The van der Waals surface area contributed by atoms with Crippen LogP contribution in [0.3, 0.4) is 0 Å². The van der Waals surface area contributed by atoms with Gasteiger partial charge in [-0.3, -0.25) is 9.69 Å². The van der Waals surface area contributed by atoms with E-state index >= 15 is 0 Å². The highest BCUT2D eigenvalue weighted by atomic mass is 35.5. The number of sulfone groups is 1. The molecule has 0 unspecified atom stereocenters. The highest BCUT2D eigenvalue weighted by molar-refractivity contribution is 7.91. The number of amides is 1. The molecule has 1 N–H and O–H groups in total. The standard InChI is InChI=1S/C17H18ClFN2O4S/c18-15-8-12(3-4-16(15)19)20-17(22)10-21(9-14-2-1-6-25-14)13-5-7-26(23,24)11-13/h1-4,6,8,13H,5,7,9-11H2,(H,20,22)/t13-/m1/s1. The van der Waals surface area contributed by atoms with Gasteiger partial charge in [-0.05, 0) is 36.8 Å². The van der Waals surface area contributed by atoms with Gasteiger partial charge >= 0.3 is 0 Å². The SMILES string of the molecule is O=C(CN(Cc1ccco1)[C@@H]1CCS(=O)(=O)C1)Nc1ccc(F)c(Cl)c1. The number of carbonyl (C=O) groups is 1. The summed E-state index contributed by atoms with van der Waals surface area (Å²) in [5.74, 6) is -0.138. The van der Waals surface area contributed by atoms with Crippen molar-refractivity contribution in [1.82, 2.24) is 4.90 Å². The van der Waals surface area contributed by atoms with Gasteiger partial charge in [0.05, 0.1) is 35.9 Å². The Labute approximate surface area is 155 Å². The molecule has 1 atom stereocenters. The van der Waals surface area contributed by atoms with Crippen LogP contribution in [-0.4, -0.2) is 43.3 Å². The number of halogens is 2. The van der Waals surface area contributed by atoms with Gasteiger partial charge in [-0.15, -0.1) is 0 Å². The molecule has 2 aromatic rings. The molecule has 0 aliphatic carbocycles. The van der Waals surface area contributed by atoms with Gasteiger partial charge in [-0.1, -0.05) is 11.6 Å². The Morgan fingerprint density at radius 1 is 1.38 bits per heavy atom. The molecular weight excluding hydrogens is 383 g/mol. The third-order valence-electron chi connectivity index (χ3n) is 4.21. The summed E-state index contributed by atoms with van der Waals surface area (Å²) >= 11 is 5.72. The molecule has 1 aliphatic heterocycles. The summed E-state index contributed by atoms with van der Waals surface area (Å²) in [5.41, 5.74) is 0.374. The Hall–Kier alpha value is -1.90. The fraction of sp³-hybridized carbons (Fsp3) is 0.353. The number of rotatable bonds is 6. The highest BCUT2D eigenvalue weighted by Crippen LogP contribution is 2.22. The maximum atomic E-state index is 13.2. The molecule has 1 aromatic carbocycles. The first-order chi connectivity index (χ1) is 12.3. The van der Waals surface area contributed by atoms with E-state index in [0.717, 1.165) is 0 Å².